The van der Waals surface area contributed by atoms with Gasteiger partial charge in [-0.25, -0.2) is 4.98 Å². The fourth-order valence-corrected chi connectivity index (χ4v) is 1.98. The third-order valence-corrected chi connectivity index (χ3v) is 3.20. The standard InChI is InChI=1S/C14H16ClN3O/c1-16-14(19)10-18-9-8-17-13(18)7-4-11-2-5-12(15)6-3-11/h2-3,5-6,8-9H,4,7,10H2,1H3,(H,16,19). The van der Waals surface area contributed by atoms with Crippen LogP contribution in [-0.4, -0.2) is 22.5 Å². The summed E-state index contributed by atoms with van der Waals surface area (Å²) < 4.78 is 1.87. The van der Waals surface area contributed by atoms with E-state index in [1.165, 1.54) is 5.56 Å². The van der Waals surface area contributed by atoms with Crippen LogP contribution in [0.2, 0.25) is 5.02 Å². The molecule has 0 fully saturated rings. The highest BCUT2D eigenvalue weighted by Gasteiger charge is 2.06. The van der Waals surface area contributed by atoms with Crippen molar-refractivity contribution in [2.75, 3.05) is 7.05 Å². The number of imidazole rings is 1. The van der Waals surface area contributed by atoms with E-state index in [-0.39, 0.29) is 5.91 Å². The maximum Gasteiger partial charge on any atom is 0.239 e. The van der Waals surface area contributed by atoms with Crippen LogP contribution in [0.15, 0.2) is 36.7 Å². The van der Waals surface area contributed by atoms with Gasteiger partial charge in [0.2, 0.25) is 5.91 Å². The third-order valence-electron chi connectivity index (χ3n) is 2.95. The molecule has 100 valence electrons. The molecule has 0 atom stereocenters. The second kappa shape index (κ2) is 6.38. The van der Waals surface area contributed by atoms with Crippen LogP contribution in [0, 0.1) is 0 Å². The summed E-state index contributed by atoms with van der Waals surface area (Å²) >= 11 is 5.85. The average molecular weight is 278 g/mol. The number of aromatic nitrogens is 2. The molecule has 4 nitrogen and oxygen atoms in total. The molecule has 0 saturated carbocycles. The topological polar surface area (TPSA) is 46.9 Å². The zero-order valence-electron chi connectivity index (χ0n) is 10.8. The zero-order valence-corrected chi connectivity index (χ0v) is 11.5. The molecule has 1 aromatic carbocycles. The van der Waals surface area contributed by atoms with Gasteiger partial charge in [-0.1, -0.05) is 23.7 Å². The second-order valence-corrected chi connectivity index (χ2v) is 4.71. The minimum Gasteiger partial charge on any atom is -0.358 e. The molecule has 0 unspecified atom stereocenters. The number of hydrogen-bond acceptors (Lipinski definition) is 2. The predicted octanol–water partition coefficient (Wildman–Crippen LogP) is 2.07. The molecule has 2 rings (SSSR count). The molecular weight excluding hydrogens is 262 g/mol. The van der Waals surface area contributed by atoms with Gasteiger partial charge in [0.15, 0.2) is 0 Å². The molecule has 1 heterocycles. The van der Waals surface area contributed by atoms with Gasteiger partial charge in [-0.15, -0.1) is 0 Å². The molecule has 0 aliphatic rings. The lowest BCUT2D eigenvalue weighted by molar-refractivity contribution is -0.121. The van der Waals surface area contributed by atoms with Crippen molar-refractivity contribution in [2.24, 2.45) is 0 Å². The van der Waals surface area contributed by atoms with Crippen LogP contribution < -0.4 is 5.32 Å². The molecule has 5 heteroatoms. The van der Waals surface area contributed by atoms with Crippen molar-refractivity contribution in [3.8, 4) is 0 Å². The van der Waals surface area contributed by atoms with Gasteiger partial charge in [0.05, 0.1) is 0 Å². The molecule has 0 spiro atoms. The lowest BCUT2D eigenvalue weighted by atomic mass is 10.1. The van der Waals surface area contributed by atoms with Gasteiger partial charge in [-0.2, -0.15) is 0 Å². The van der Waals surface area contributed by atoms with Crippen molar-refractivity contribution in [3.05, 3.63) is 53.1 Å². The number of nitrogens with zero attached hydrogens (tertiary/aromatic N) is 2. The van der Waals surface area contributed by atoms with Crippen LogP contribution in [0.5, 0.6) is 0 Å². The van der Waals surface area contributed by atoms with Crippen molar-refractivity contribution < 1.29 is 4.79 Å². The Bertz CT molecular complexity index is 548. The minimum absolute atomic E-state index is 0.0225. The molecule has 19 heavy (non-hydrogen) atoms. The van der Waals surface area contributed by atoms with Gasteiger partial charge >= 0.3 is 0 Å². The van der Waals surface area contributed by atoms with Crippen LogP contribution in [-0.2, 0) is 24.2 Å². The van der Waals surface area contributed by atoms with Gasteiger partial charge in [0, 0.05) is 30.9 Å². The number of hydrogen-bond donors (Lipinski definition) is 1. The van der Waals surface area contributed by atoms with Crippen LogP contribution in [0.3, 0.4) is 0 Å². The SMILES string of the molecule is CNC(=O)Cn1ccnc1CCc1ccc(Cl)cc1. The van der Waals surface area contributed by atoms with Crippen molar-refractivity contribution in [1.82, 2.24) is 14.9 Å². The van der Waals surface area contributed by atoms with Gasteiger partial charge in [0.1, 0.15) is 12.4 Å². The molecule has 0 aliphatic carbocycles. The first-order chi connectivity index (χ1) is 9.19. The van der Waals surface area contributed by atoms with E-state index < -0.39 is 0 Å². The van der Waals surface area contributed by atoms with Gasteiger partial charge < -0.3 is 9.88 Å². The molecule has 1 amide bonds. The molecule has 0 bridgehead atoms. The summed E-state index contributed by atoms with van der Waals surface area (Å²) in [4.78, 5) is 15.7. The van der Waals surface area contributed by atoms with Crippen molar-refractivity contribution in [2.45, 2.75) is 19.4 Å². The first kappa shape index (κ1) is 13.6. The smallest absolute Gasteiger partial charge is 0.239 e. The van der Waals surface area contributed by atoms with Crippen molar-refractivity contribution >= 4 is 17.5 Å². The fraction of sp³-hybridized carbons (Fsp3) is 0.286. The highest BCUT2D eigenvalue weighted by molar-refractivity contribution is 6.30. The minimum atomic E-state index is -0.0225. The Morgan fingerprint density at radius 1 is 1.32 bits per heavy atom. The quantitative estimate of drug-likeness (QED) is 0.909. The fourth-order valence-electron chi connectivity index (χ4n) is 1.85. The number of carbonyl (C=O) groups excluding carboxylic acids is 1. The number of aryl methyl sites for hydroxylation is 2. The average Bonchev–Trinajstić information content (AvgIpc) is 2.85. The van der Waals surface area contributed by atoms with E-state index in [1.54, 1.807) is 13.2 Å². The Labute approximate surface area is 117 Å². The molecular formula is C14H16ClN3O. The number of benzene rings is 1. The normalized spacial score (nSPS) is 10.4. The van der Waals surface area contributed by atoms with E-state index in [1.807, 2.05) is 35.0 Å². The first-order valence-electron chi connectivity index (χ1n) is 6.14. The predicted molar refractivity (Wildman–Crippen MR) is 75.2 cm³/mol. The lowest BCUT2D eigenvalue weighted by Gasteiger charge is -2.07. The molecule has 0 saturated heterocycles. The van der Waals surface area contributed by atoms with E-state index in [4.69, 9.17) is 11.6 Å². The summed E-state index contributed by atoms with van der Waals surface area (Å²) in [5.74, 6) is 0.893. The second-order valence-electron chi connectivity index (χ2n) is 4.27. The summed E-state index contributed by atoms with van der Waals surface area (Å²) in [6.07, 6.45) is 5.22. The summed E-state index contributed by atoms with van der Waals surface area (Å²) in [6.45, 7) is 0.312. The van der Waals surface area contributed by atoms with Gasteiger partial charge in [0.25, 0.3) is 0 Å². The van der Waals surface area contributed by atoms with Crippen LogP contribution >= 0.6 is 11.6 Å². The van der Waals surface area contributed by atoms with Gasteiger partial charge in [-0.3, -0.25) is 4.79 Å². The highest BCUT2D eigenvalue weighted by atomic mass is 35.5. The zero-order chi connectivity index (χ0) is 13.7. The molecule has 1 N–H and O–H groups in total. The van der Waals surface area contributed by atoms with E-state index in [2.05, 4.69) is 10.3 Å². The molecule has 0 aliphatic heterocycles. The molecule has 1 aromatic heterocycles. The molecule has 0 radical (unpaired) electrons. The third kappa shape index (κ3) is 3.83. The maximum atomic E-state index is 11.4. The number of halogens is 1. The monoisotopic (exact) mass is 277 g/mol. The number of amides is 1. The summed E-state index contributed by atoms with van der Waals surface area (Å²) in [5.41, 5.74) is 1.21. The largest absolute Gasteiger partial charge is 0.358 e. The number of rotatable bonds is 5. The van der Waals surface area contributed by atoms with Gasteiger partial charge in [-0.05, 0) is 24.1 Å². The number of nitrogens with one attached hydrogen (secondary N) is 1. The van der Waals surface area contributed by atoms with E-state index in [0.717, 1.165) is 23.7 Å². The van der Waals surface area contributed by atoms with E-state index in [9.17, 15) is 4.79 Å². The number of likely N-dealkylation sites (N-methyl/N-ethyl adjacent to an activating group) is 1. The van der Waals surface area contributed by atoms with Crippen LogP contribution in [0.4, 0.5) is 0 Å². The Morgan fingerprint density at radius 3 is 2.74 bits per heavy atom. The van der Waals surface area contributed by atoms with E-state index in [0.29, 0.717) is 6.54 Å². The van der Waals surface area contributed by atoms with Crippen LogP contribution in [0.25, 0.3) is 0 Å². The van der Waals surface area contributed by atoms with Crippen LogP contribution in [0.1, 0.15) is 11.4 Å². The Hall–Kier alpha value is -1.81. The van der Waals surface area contributed by atoms with Crippen molar-refractivity contribution in [1.29, 1.82) is 0 Å². The highest BCUT2D eigenvalue weighted by Crippen LogP contribution is 2.11. The lowest BCUT2D eigenvalue weighted by Crippen LogP contribution is -2.24. The van der Waals surface area contributed by atoms with E-state index >= 15 is 0 Å². The Morgan fingerprint density at radius 2 is 2.05 bits per heavy atom. The summed E-state index contributed by atoms with van der Waals surface area (Å²) in [6, 6.07) is 7.78. The summed E-state index contributed by atoms with van der Waals surface area (Å²) in [5, 5.41) is 3.35. The Balaban J connectivity index is 1.98. The maximum absolute atomic E-state index is 11.4. The van der Waals surface area contributed by atoms with Crippen molar-refractivity contribution in [3.63, 3.8) is 0 Å². The Kier molecular flexibility index (Phi) is 4.58. The number of carbonyl (C=O) groups is 1. The summed E-state index contributed by atoms with van der Waals surface area (Å²) in [7, 11) is 1.63. The molecule has 2 aromatic rings. The first-order valence-corrected chi connectivity index (χ1v) is 6.52.